The van der Waals surface area contributed by atoms with Gasteiger partial charge in [0.25, 0.3) is 0 Å². The number of hydrogen-bond acceptors (Lipinski definition) is 3. The van der Waals surface area contributed by atoms with Gasteiger partial charge in [-0.25, -0.2) is 0 Å². The van der Waals surface area contributed by atoms with Gasteiger partial charge in [-0.05, 0) is 43.3 Å². The van der Waals surface area contributed by atoms with Crippen molar-refractivity contribution in [2.24, 2.45) is 0 Å². The van der Waals surface area contributed by atoms with Crippen molar-refractivity contribution in [1.82, 2.24) is 0 Å². The summed E-state index contributed by atoms with van der Waals surface area (Å²) in [6.07, 6.45) is 0. The van der Waals surface area contributed by atoms with E-state index in [0.29, 0.717) is 0 Å². The second kappa shape index (κ2) is 4.26. The predicted molar refractivity (Wildman–Crippen MR) is 67.5 cm³/mol. The van der Waals surface area contributed by atoms with Crippen LogP contribution in [0.3, 0.4) is 0 Å². The van der Waals surface area contributed by atoms with E-state index in [2.05, 4.69) is 31.9 Å². The Morgan fingerprint density at radius 2 is 2.07 bits per heavy atom. The minimum absolute atomic E-state index is 0.0857. The maximum atomic E-state index is 11.9. The Labute approximate surface area is 106 Å². The Balaban J connectivity index is 2.42. The van der Waals surface area contributed by atoms with E-state index < -0.39 is 0 Å². The molecule has 0 aliphatic carbocycles. The van der Waals surface area contributed by atoms with Crippen LogP contribution in [0.25, 0.3) is 0 Å². The maximum absolute atomic E-state index is 11.9. The number of ketones is 1. The lowest BCUT2D eigenvalue weighted by atomic mass is 10.3. The third-order valence-corrected chi connectivity index (χ3v) is 6.03. The highest BCUT2D eigenvalue weighted by Crippen LogP contribution is 2.34. The van der Waals surface area contributed by atoms with Crippen LogP contribution in [-0.4, -0.2) is 5.78 Å². The first kappa shape index (κ1) is 10.5. The highest BCUT2D eigenvalue weighted by atomic mass is 79.9. The summed E-state index contributed by atoms with van der Waals surface area (Å²) in [6.45, 7) is 0. The summed E-state index contributed by atoms with van der Waals surface area (Å²) >= 11 is 9.66. The third-order valence-electron chi connectivity index (χ3n) is 1.64. The summed E-state index contributed by atoms with van der Waals surface area (Å²) in [4.78, 5) is 13.4. The van der Waals surface area contributed by atoms with E-state index in [9.17, 15) is 4.79 Å². The monoisotopic (exact) mass is 350 g/mol. The molecule has 2 heterocycles. The van der Waals surface area contributed by atoms with Crippen molar-refractivity contribution in [2.45, 2.75) is 0 Å². The molecule has 0 bridgehead atoms. The molecule has 0 saturated heterocycles. The number of hydrogen-bond donors (Lipinski definition) is 0. The van der Waals surface area contributed by atoms with E-state index in [1.807, 2.05) is 22.9 Å². The minimum Gasteiger partial charge on any atom is -0.287 e. The fraction of sp³-hybridized carbons (Fsp3) is 0. The number of thiophene rings is 2. The molecule has 0 amide bonds. The van der Waals surface area contributed by atoms with Crippen LogP contribution in [0.15, 0.2) is 31.8 Å². The summed E-state index contributed by atoms with van der Waals surface area (Å²) in [7, 11) is 0. The number of carbonyl (C=O) groups is 1. The molecular weight excluding hydrogens is 348 g/mol. The molecule has 1 nitrogen and oxygen atoms in total. The lowest BCUT2D eigenvalue weighted by Crippen LogP contribution is -1.95. The van der Waals surface area contributed by atoms with Crippen LogP contribution < -0.4 is 0 Å². The normalized spacial score (nSPS) is 10.4. The molecule has 2 aromatic heterocycles. The van der Waals surface area contributed by atoms with Gasteiger partial charge in [-0.1, -0.05) is 6.07 Å². The smallest absolute Gasteiger partial charge is 0.214 e. The van der Waals surface area contributed by atoms with Crippen molar-refractivity contribution < 1.29 is 4.79 Å². The fourth-order valence-corrected chi connectivity index (χ4v) is 3.84. The summed E-state index contributed by atoms with van der Waals surface area (Å²) in [5.41, 5.74) is 0. The fourth-order valence-electron chi connectivity index (χ4n) is 0.995. The number of rotatable bonds is 2. The molecule has 0 fully saturated rings. The molecular formula is C9H4Br2OS2. The molecule has 72 valence electrons. The largest absolute Gasteiger partial charge is 0.287 e. The molecule has 0 spiro atoms. The van der Waals surface area contributed by atoms with Crippen molar-refractivity contribution >= 4 is 60.3 Å². The summed E-state index contributed by atoms with van der Waals surface area (Å²) in [5.74, 6) is 0.0857. The third kappa shape index (κ3) is 1.86. The summed E-state index contributed by atoms with van der Waals surface area (Å²) in [6, 6.07) is 3.72. The zero-order valence-corrected chi connectivity index (χ0v) is 11.6. The molecule has 14 heavy (non-hydrogen) atoms. The maximum Gasteiger partial charge on any atom is 0.214 e. The van der Waals surface area contributed by atoms with Gasteiger partial charge >= 0.3 is 0 Å². The van der Waals surface area contributed by atoms with Crippen LogP contribution in [0.4, 0.5) is 0 Å². The standard InChI is InChI=1S/C9H4Br2OS2/c10-5-4-14-9(7(5)11)8(12)6-2-1-3-13-6/h1-4H. The molecule has 5 heteroatoms. The zero-order chi connectivity index (χ0) is 10.1. The lowest BCUT2D eigenvalue weighted by molar-refractivity contribution is 0.104. The minimum atomic E-state index is 0.0857. The molecule has 0 N–H and O–H groups in total. The Morgan fingerprint density at radius 3 is 2.57 bits per heavy atom. The van der Waals surface area contributed by atoms with Gasteiger partial charge in [0.15, 0.2) is 0 Å². The molecule has 0 radical (unpaired) electrons. The van der Waals surface area contributed by atoms with Crippen molar-refractivity contribution in [3.8, 4) is 0 Å². The van der Waals surface area contributed by atoms with E-state index >= 15 is 0 Å². The van der Waals surface area contributed by atoms with Crippen molar-refractivity contribution in [2.75, 3.05) is 0 Å². The van der Waals surface area contributed by atoms with Gasteiger partial charge in [-0.3, -0.25) is 4.79 Å². The van der Waals surface area contributed by atoms with E-state index in [4.69, 9.17) is 0 Å². The van der Waals surface area contributed by atoms with Crippen LogP contribution in [0.1, 0.15) is 14.5 Å². The lowest BCUT2D eigenvalue weighted by Gasteiger charge is -1.94. The van der Waals surface area contributed by atoms with Crippen molar-refractivity contribution in [3.63, 3.8) is 0 Å². The van der Waals surface area contributed by atoms with Gasteiger partial charge in [0, 0.05) is 9.85 Å². The first-order valence-electron chi connectivity index (χ1n) is 3.71. The van der Waals surface area contributed by atoms with Gasteiger partial charge in [0.2, 0.25) is 5.78 Å². The highest BCUT2D eigenvalue weighted by molar-refractivity contribution is 9.13. The molecule has 0 aliphatic rings. The Bertz CT molecular complexity index is 459. The second-order valence-corrected chi connectivity index (χ2v) is 6.01. The van der Waals surface area contributed by atoms with Gasteiger partial charge < -0.3 is 0 Å². The van der Waals surface area contributed by atoms with E-state index in [1.54, 1.807) is 0 Å². The first-order chi connectivity index (χ1) is 6.70. The second-order valence-electron chi connectivity index (χ2n) is 2.53. The summed E-state index contributed by atoms with van der Waals surface area (Å²) < 4.78 is 1.78. The molecule has 0 aliphatic heterocycles. The van der Waals surface area contributed by atoms with Crippen molar-refractivity contribution in [3.05, 3.63) is 41.6 Å². The average molecular weight is 352 g/mol. The topological polar surface area (TPSA) is 17.1 Å². The van der Waals surface area contributed by atoms with Crippen LogP contribution in [-0.2, 0) is 0 Å². The van der Waals surface area contributed by atoms with Gasteiger partial charge in [0.05, 0.1) is 14.2 Å². The van der Waals surface area contributed by atoms with Crippen molar-refractivity contribution in [1.29, 1.82) is 0 Å². The van der Waals surface area contributed by atoms with E-state index in [-0.39, 0.29) is 5.78 Å². The predicted octanol–water partition coefficient (Wildman–Crippen LogP) is 4.57. The molecule has 0 aromatic carbocycles. The Morgan fingerprint density at radius 1 is 1.29 bits per heavy atom. The summed E-state index contributed by atoms with van der Waals surface area (Å²) in [5, 5.41) is 3.81. The molecule has 0 saturated carbocycles. The van der Waals surface area contributed by atoms with Gasteiger partial charge in [-0.15, -0.1) is 22.7 Å². The zero-order valence-electron chi connectivity index (χ0n) is 6.79. The van der Waals surface area contributed by atoms with Gasteiger partial charge in [0.1, 0.15) is 0 Å². The first-order valence-corrected chi connectivity index (χ1v) is 7.05. The SMILES string of the molecule is O=C(c1cccs1)c1scc(Br)c1Br. The van der Waals surface area contributed by atoms with Crippen LogP contribution in [0.5, 0.6) is 0 Å². The van der Waals surface area contributed by atoms with Crippen LogP contribution >= 0.6 is 54.5 Å². The molecule has 0 atom stereocenters. The Hall–Kier alpha value is 0.0300. The van der Waals surface area contributed by atoms with E-state index in [0.717, 1.165) is 18.7 Å². The average Bonchev–Trinajstić information content (AvgIpc) is 2.77. The number of halogens is 2. The quantitative estimate of drug-likeness (QED) is 0.724. The molecule has 2 aromatic rings. The van der Waals surface area contributed by atoms with Gasteiger partial charge in [-0.2, -0.15) is 0 Å². The van der Waals surface area contributed by atoms with E-state index in [1.165, 1.54) is 22.7 Å². The van der Waals surface area contributed by atoms with Crippen LogP contribution in [0.2, 0.25) is 0 Å². The number of carbonyl (C=O) groups excluding carboxylic acids is 1. The van der Waals surface area contributed by atoms with Crippen LogP contribution in [0, 0.1) is 0 Å². The highest BCUT2D eigenvalue weighted by Gasteiger charge is 2.17. The molecule has 0 unspecified atom stereocenters. The Kier molecular flexibility index (Phi) is 3.21. The molecule has 2 rings (SSSR count).